The van der Waals surface area contributed by atoms with E-state index in [1.807, 2.05) is 24.3 Å². The predicted molar refractivity (Wildman–Crippen MR) is 72.0 cm³/mol. The first-order valence-corrected chi connectivity index (χ1v) is 6.53. The first kappa shape index (κ1) is 14.6. The lowest BCUT2D eigenvalue weighted by molar-refractivity contribution is -0.142. The van der Waals surface area contributed by atoms with Gasteiger partial charge < -0.3 is 9.84 Å². The Morgan fingerprint density at radius 3 is 2.78 bits per heavy atom. The fraction of sp³-hybridized carbons (Fsp3) is 0.533. The molecule has 0 heterocycles. The number of methoxy groups -OCH3 is 1. The van der Waals surface area contributed by atoms with Crippen molar-refractivity contribution in [3.8, 4) is 5.75 Å². The molecule has 1 N–H and O–H groups in total. The van der Waals surface area contributed by atoms with Gasteiger partial charge >= 0.3 is 5.97 Å². The zero-order valence-electron chi connectivity index (χ0n) is 11.2. The van der Waals surface area contributed by atoms with Crippen LogP contribution in [-0.4, -0.2) is 18.2 Å². The first-order chi connectivity index (χ1) is 8.67. The molecule has 0 saturated carbocycles. The Labute approximate surface area is 109 Å². The van der Waals surface area contributed by atoms with Crippen LogP contribution in [0.2, 0.25) is 0 Å². The van der Waals surface area contributed by atoms with Crippen molar-refractivity contribution >= 4 is 5.97 Å². The van der Waals surface area contributed by atoms with Gasteiger partial charge in [0.25, 0.3) is 0 Å². The van der Waals surface area contributed by atoms with Gasteiger partial charge in [0.15, 0.2) is 0 Å². The van der Waals surface area contributed by atoms with Gasteiger partial charge in [0, 0.05) is 0 Å². The summed E-state index contributed by atoms with van der Waals surface area (Å²) >= 11 is 0. The van der Waals surface area contributed by atoms with Gasteiger partial charge in [-0.05, 0) is 30.5 Å². The molecule has 0 aliphatic carbocycles. The van der Waals surface area contributed by atoms with Crippen LogP contribution in [0.3, 0.4) is 0 Å². The highest BCUT2D eigenvalue weighted by Crippen LogP contribution is 2.19. The number of carboxylic acids is 1. The van der Waals surface area contributed by atoms with Crippen molar-refractivity contribution < 1.29 is 14.6 Å². The predicted octanol–water partition coefficient (Wildman–Crippen LogP) is 3.52. The van der Waals surface area contributed by atoms with E-state index in [0.29, 0.717) is 6.42 Å². The fourth-order valence-electron chi connectivity index (χ4n) is 2.04. The van der Waals surface area contributed by atoms with Crippen LogP contribution < -0.4 is 4.74 Å². The van der Waals surface area contributed by atoms with E-state index in [2.05, 4.69) is 6.92 Å². The van der Waals surface area contributed by atoms with Crippen molar-refractivity contribution in [2.24, 2.45) is 5.92 Å². The normalized spacial score (nSPS) is 12.1. The number of ether oxygens (including phenoxy) is 1. The van der Waals surface area contributed by atoms with Crippen LogP contribution in [0.4, 0.5) is 0 Å². The van der Waals surface area contributed by atoms with E-state index in [1.54, 1.807) is 7.11 Å². The summed E-state index contributed by atoms with van der Waals surface area (Å²) in [6.45, 7) is 2.12. The third kappa shape index (κ3) is 4.78. The summed E-state index contributed by atoms with van der Waals surface area (Å²) in [4.78, 5) is 11.2. The van der Waals surface area contributed by atoms with Crippen LogP contribution in [0.5, 0.6) is 5.75 Å². The van der Waals surface area contributed by atoms with Gasteiger partial charge in [-0.15, -0.1) is 0 Å². The molecule has 1 atom stereocenters. The van der Waals surface area contributed by atoms with Crippen LogP contribution in [0, 0.1) is 5.92 Å². The van der Waals surface area contributed by atoms with E-state index in [1.165, 1.54) is 0 Å². The Bertz CT molecular complexity index is 374. The minimum atomic E-state index is -0.700. The van der Waals surface area contributed by atoms with Crippen molar-refractivity contribution in [2.45, 2.75) is 39.0 Å². The van der Waals surface area contributed by atoms with Gasteiger partial charge in [-0.2, -0.15) is 0 Å². The summed E-state index contributed by atoms with van der Waals surface area (Å²) < 4.78 is 5.15. The van der Waals surface area contributed by atoms with E-state index >= 15 is 0 Å². The number of benzene rings is 1. The van der Waals surface area contributed by atoms with Gasteiger partial charge in [-0.1, -0.05) is 38.3 Å². The van der Waals surface area contributed by atoms with Crippen molar-refractivity contribution in [1.82, 2.24) is 0 Å². The van der Waals surface area contributed by atoms with E-state index in [0.717, 1.165) is 37.0 Å². The minimum absolute atomic E-state index is 0.288. The van der Waals surface area contributed by atoms with E-state index in [9.17, 15) is 9.90 Å². The molecule has 3 nitrogen and oxygen atoms in total. The maximum absolute atomic E-state index is 11.2. The number of carbonyl (C=O) groups is 1. The molecule has 0 aliphatic rings. The standard InChI is InChI=1S/C15H22O3/c1-3-4-5-8-13(15(16)17)10-12-7-6-9-14(11-12)18-2/h6-7,9,11,13H,3-5,8,10H2,1-2H3,(H,16,17). The highest BCUT2D eigenvalue weighted by Gasteiger charge is 2.17. The van der Waals surface area contributed by atoms with Gasteiger partial charge in [0.05, 0.1) is 13.0 Å². The van der Waals surface area contributed by atoms with Gasteiger partial charge in [0.2, 0.25) is 0 Å². The molecule has 1 unspecified atom stereocenters. The molecule has 0 fully saturated rings. The number of hydrogen-bond acceptors (Lipinski definition) is 2. The van der Waals surface area contributed by atoms with E-state index < -0.39 is 5.97 Å². The van der Waals surface area contributed by atoms with Crippen LogP contribution in [-0.2, 0) is 11.2 Å². The molecule has 0 bridgehead atoms. The highest BCUT2D eigenvalue weighted by molar-refractivity contribution is 5.70. The second-order valence-electron chi connectivity index (χ2n) is 4.59. The molecule has 1 aromatic rings. The molecule has 0 amide bonds. The number of hydrogen-bond donors (Lipinski definition) is 1. The lowest BCUT2D eigenvalue weighted by Crippen LogP contribution is -2.16. The van der Waals surface area contributed by atoms with Gasteiger partial charge in [-0.3, -0.25) is 4.79 Å². The van der Waals surface area contributed by atoms with Crippen molar-refractivity contribution in [3.63, 3.8) is 0 Å². The van der Waals surface area contributed by atoms with Crippen LogP contribution in [0.15, 0.2) is 24.3 Å². The molecule has 100 valence electrons. The van der Waals surface area contributed by atoms with Crippen LogP contribution in [0.1, 0.15) is 38.2 Å². The quantitative estimate of drug-likeness (QED) is 0.718. The maximum atomic E-state index is 11.2. The highest BCUT2D eigenvalue weighted by atomic mass is 16.5. The first-order valence-electron chi connectivity index (χ1n) is 6.53. The van der Waals surface area contributed by atoms with E-state index in [-0.39, 0.29) is 5.92 Å². The van der Waals surface area contributed by atoms with Crippen LogP contribution in [0.25, 0.3) is 0 Å². The summed E-state index contributed by atoms with van der Waals surface area (Å²) in [5.74, 6) is -0.206. The molecule has 3 heteroatoms. The Morgan fingerprint density at radius 2 is 2.17 bits per heavy atom. The molecular formula is C15H22O3. The summed E-state index contributed by atoms with van der Waals surface area (Å²) in [5, 5.41) is 9.23. The van der Waals surface area contributed by atoms with Crippen molar-refractivity contribution in [2.75, 3.05) is 7.11 Å². The number of rotatable bonds is 8. The van der Waals surface area contributed by atoms with Crippen molar-refractivity contribution in [3.05, 3.63) is 29.8 Å². The summed E-state index contributed by atoms with van der Waals surface area (Å²) in [6.07, 6.45) is 4.53. The monoisotopic (exact) mass is 250 g/mol. The molecule has 0 aliphatic heterocycles. The molecular weight excluding hydrogens is 228 g/mol. The summed E-state index contributed by atoms with van der Waals surface area (Å²) in [6, 6.07) is 7.64. The van der Waals surface area contributed by atoms with Gasteiger partial charge in [0.1, 0.15) is 5.75 Å². The minimum Gasteiger partial charge on any atom is -0.497 e. The molecule has 18 heavy (non-hydrogen) atoms. The molecule has 0 saturated heterocycles. The smallest absolute Gasteiger partial charge is 0.306 e. The number of unbranched alkanes of at least 4 members (excludes halogenated alkanes) is 2. The third-order valence-corrected chi connectivity index (χ3v) is 3.12. The fourth-order valence-corrected chi connectivity index (χ4v) is 2.04. The Balaban J connectivity index is 2.61. The number of aliphatic carboxylic acids is 1. The molecule has 0 aromatic heterocycles. The molecule has 0 spiro atoms. The average Bonchev–Trinajstić information content (AvgIpc) is 2.38. The average molecular weight is 250 g/mol. The summed E-state index contributed by atoms with van der Waals surface area (Å²) in [5.41, 5.74) is 1.03. The molecule has 0 radical (unpaired) electrons. The largest absolute Gasteiger partial charge is 0.497 e. The van der Waals surface area contributed by atoms with Crippen LogP contribution >= 0.6 is 0 Å². The van der Waals surface area contributed by atoms with Crippen molar-refractivity contribution in [1.29, 1.82) is 0 Å². The Kier molecular flexibility index (Phi) is 6.26. The number of carboxylic acid groups (broad SMARTS) is 1. The SMILES string of the molecule is CCCCCC(Cc1cccc(OC)c1)C(=O)O. The lowest BCUT2D eigenvalue weighted by atomic mass is 9.94. The third-order valence-electron chi connectivity index (χ3n) is 3.12. The second-order valence-corrected chi connectivity index (χ2v) is 4.59. The van der Waals surface area contributed by atoms with Gasteiger partial charge in [-0.25, -0.2) is 0 Å². The second kappa shape index (κ2) is 7.75. The maximum Gasteiger partial charge on any atom is 0.306 e. The lowest BCUT2D eigenvalue weighted by Gasteiger charge is -2.12. The zero-order valence-corrected chi connectivity index (χ0v) is 11.2. The van der Waals surface area contributed by atoms with E-state index in [4.69, 9.17) is 4.74 Å². The molecule has 1 aromatic carbocycles. The zero-order chi connectivity index (χ0) is 13.4. The Hall–Kier alpha value is -1.51. The summed E-state index contributed by atoms with van der Waals surface area (Å²) in [7, 11) is 1.62. The topological polar surface area (TPSA) is 46.5 Å². The Morgan fingerprint density at radius 1 is 1.39 bits per heavy atom. The molecule has 1 rings (SSSR count).